The maximum absolute atomic E-state index is 5.98. The molecule has 21 heavy (non-hydrogen) atoms. The van der Waals surface area contributed by atoms with Gasteiger partial charge in [0, 0.05) is 33.4 Å². The Balaban J connectivity index is 1.98. The lowest BCUT2D eigenvalue weighted by molar-refractivity contribution is 0.439. The Morgan fingerprint density at radius 1 is 1.05 bits per heavy atom. The number of nitrogen functional groups attached to an aromatic ring is 1. The van der Waals surface area contributed by atoms with Crippen LogP contribution in [0.15, 0.2) is 58.7 Å². The predicted molar refractivity (Wildman–Crippen MR) is 85.0 cm³/mol. The minimum absolute atomic E-state index is 0.325. The van der Waals surface area contributed by atoms with Gasteiger partial charge in [-0.3, -0.25) is 4.98 Å². The molecule has 0 atom stereocenters. The fourth-order valence-electron chi connectivity index (χ4n) is 2.45. The maximum Gasteiger partial charge on any atom is 0.230 e. The molecule has 5 heteroatoms. The molecule has 4 aromatic rings. The first-order chi connectivity index (χ1) is 10.3. The van der Waals surface area contributed by atoms with Gasteiger partial charge in [-0.2, -0.15) is 0 Å². The van der Waals surface area contributed by atoms with Crippen molar-refractivity contribution in [2.24, 2.45) is 0 Å². The van der Waals surface area contributed by atoms with E-state index < -0.39 is 0 Å². The molecule has 1 aromatic carbocycles. The van der Waals surface area contributed by atoms with E-state index in [-0.39, 0.29) is 0 Å². The SMILES string of the molecule is Nc1onc(-c2csc3ccccc23)c1-c1ccncc1. The summed E-state index contributed by atoms with van der Waals surface area (Å²) in [6, 6.07) is 12.0. The summed E-state index contributed by atoms with van der Waals surface area (Å²) in [5, 5.41) is 7.42. The largest absolute Gasteiger partial charge is 0.367 e. The van der Waals surface area contributed by atoms with Gasteiger partial charge in [-0.05, 0) is 23.8 Å². The molecule has 0 aliphatic rings. The number of nitrogens with zero attached hydrogens (tertiary/aromatic N) is 2. The third-order valence-electron chi connectivity index (χ3n) is 3.42. The molecule has 3 aromatic heterocycles. The highest BCUT2D eigenvalue weighted by atomic mass is 32.1. The van der Waals surface area contributed by atoms with E-state index in [1.807, 2.05) is 24.3 Å². The van der Waals surface area contributed by atoms with Crippen LogP contribution in [0.25, 0.3) is 32.5 Å². The van der Waals surface area contributed by atoms with Crippen LogP contribution in [0.5, 0.6) is 0 Å². The number of nitrogens with two attached hydrogens (primary N) is 1. The molecule has 0 radical (unpaired) electrons. The van der Waals surface area contributed by atoms with Crippen molar-refractivity contribution in [3.05, 3.63) is 54.2 Å². The zero-order valence-electron chi connectivity index (χ0n) is 11.0. The Labute approximate surface area is 124 Å². The molecule has 4 nitrogen and oxygen atoms in total. The highest BCUT2D eigenvalue weighted by Crippen LogP contribution is 2.40. The van der Waals surface area contributed by atoms with Crippen LogP contribution < -0.4 is 5.73 Å². The average Bonchev–Trinajstić information content (AvgIpc) is 3.11. The molecule has 3 heterocycles. The zero-order chi connectivity index (χ0) is 14.2. The van der Waals surface area contributed by atoms with E-state index in [0.717, 1.165) is 27.8 Å². The highest BCUT2D eigenvalue weighted by Gasteiger charge is 2.19. The van der Waals surface area contributed by atoms with Crippen molar-refractivity contribution in [1.29, 1.82) is 0 Å². The molecule has 0 saturated heterocycles. The number of pyridine rings is 1. The molecule has 0 bridgehead atoms. The van der Waals surface area contributed by atoms with Crippen LogP contribution in [0.4, 0.5) is 5.88 Å². The van der Waals surface area contributed by atoms with Gasteiger partial charge in [0.05, 0.1) is 5.56 Å². The van der Waals surface area contributed by atoms with Crippen LogP contribution in [-0.4, -0.2) is 10.1 Å². The van der Waals surface area contributed by atoms with E-state index in [1.165, 1.54) is 4.70 Å². The summed E-state index contributed by atoms with van der Waals surface area (Å²) in [7, 11) is 0. The Bertz CT molecular complexity index is 912. The smallest absolute Gasteiger partial charge is 0.230 e. The van der Waals surface area contributed by atoms with Gasteiger partial charge in [-0.25, -0.2) is 0 Å². The van der Waals surface area contributed by atoms with Crippen molar-refractivity contribution in [2.75, 3.05) is 5.73 Å². The van der Waals surface area contributed by atoms with Crippen molar-refractivity contribution in [3.8, 4) is 22.4 Å². The topological polar surface area (TPSA) is 64.9 Å². The molecule has 2 N–H and O–H groups in total. The molecule has 4 rings (SSSR count). The second-order valence-corrected chi connectivity index (χ2v) is 5.56. The monoisotopic (exact) mass is 293 g/mol. The molecular formula is C16H11N3OS. The normalized spacial score (nSPS) is 11.0. The third-order valence-corrected chi connectivity index (χ3v) is 4.39. The second-order valence-electron chi connectivity index (χ2n) is 4.65. The van der Waals surface area contributed by atoms with Crippen LogP contribution in [0.2, 0.25) is 0 Å². The number of aromatic nitrogens is 2. The van der Waals surface area contributed by atoms with E-state index in [2.05, 4.69) is 27.7 Å². The number of hydrogen-bond acceptors (Lipinski definition) is 5. The van der Waals surface area contributed by atoms with E-state index in [1.54, 1.807) is 23.7 Å². The van der Waals surface area contributed by atoms with Crippen molar-refractivity contribution >= 4 is 27.3 Å². The molecular weight excluding hydrogens is 282 g/mol. The van der Waals surface area contributed by atoms with Gasteiger partial charge in [0.2, 0.25) is 5.88 Å². The summed E-state index contributed by atoms with van der Waals surface area (Å²) >= 11 is 1.69. The lowest BCUT2D eigenvalue weighted by atomic mass is 10.0. The van der Waals surface area contributed by atoms with Crippen LogP contribution in [-0.2, 0) is 0 Å². The van der Waals surface area contributed by atoms with Crippen LogP contribution in [0.3, 0.4) is 0 Å². The van der Waals surface area contributed by atoms with Gasteiger partial charge in [0.25, 0.3) is 0 Å². The van der Waals surface area contributed by atoms with Crippen molar-refractivity contribution in [1.82, 2.24) is 10.1 Å². The highest BCUT2D eigenvalue weighted by molar-refractivity contribution is 7.17. The Hall–Kier alpha value is -2.66. The molecule has 0 unspecified atom stereocenters. The van der Waals surface area contributed by atoms with Gasteiger partial charge < -0.3 is 10.3 Å². The van der Waals surface area contributed by atoms with Gasteiger partial charge in [-0.15, -0.1) is 11.3 Å². The lowest BCUT2D eigenvalue weighted by Gasteiger charge is -2.01. The van der Waals surface area contributed by atoms with Crippen molar-refractivity contribution in [2.45, 2.75) is 0 Å². The van der Waals surface area contributed by atoms with Crippen LogP contribution >= 0.6 is 11.3 Å². The first kappa shape index (κ1) is 12.1. The molecule has 0 saturated carbocycles. The molecule has 0 spiro atoms. The van der Waals surface area contributed by atoms with Crippen molar-refractivity contribution in [3.63, 3.8) is 0 Å². The summed E-state index contributed by atoms with van der Waals surface area (Å²) < 4.78 is 6.45. The number of fused-ring (bicyclic) bond motifs is 1. The fourth-order valence-corrected chi connectivity index (χ4v) is 3.39. The number of benzene rings is 1. The Morgan fingerprint density at radius 2 is 1.86 bits per heavy atom. The van der Waals surface area contributed by atoms with E-state index in [9.17, 15) is 0 Å². The van der Waals surface area contributed by atoms with Gasteiger partial charge in [-0.1, -0.05) is 23.4 Å². The summed E-state index contributed by atoms with van der Waals surface area (Å²) in [6.45, 7) is 0. The summed E-state index contributed by atoms with van der Waals surface area (Å²) in [4.78, 5) is 4.04. The van der Waals surface area contributed by atoms with Gasteiger partial charge >= 0.3 is 0 Å². The quantitative estimate of drug-likeness (QED) is 0.601. The molecule has 0 fully saturated rings. The maximum atomic E-state index is 5.98. The summed E-state index contributed by atoms with van der Waals surface area (Å²) in [6.07, 6.45) is 3.47. The zero-order valence-corrected chi connectivity index (χ0v) is 11.8. The van der Waals surface area contributed by atoms with E-state index in [0.29, 0.717) is 5.88 Å². The third kappa shape index (κ3) is 1.90. The second kappa shape index (κ2) is 4.71. The minimum Gasteiger partial charge on any atom is -0.367 e. The van der Waals surface area contributed by atoms with E-state index in [4.69, 9.17) is 10.3 Å². The van der Waals surface area contributed by atoms with Gasteiger partial charge in [0.15, 0.2) is 0 Å². The summed E-state index contributed by atoms with van der Waals surface area (Å²) in [5.41, 5.74) is 9.57. The van der Waals surface area contributed by atoms with Crippen LogP contribution in [0.1, 0.15) is 0 Å². The number of rotatable bonds is 2. The average molecular weight is 293 g/mol. The van der Waals surface area contributed by atoms with Crippen LogP contribution in [0, 0.1) is 0 Å². The molecule has 0 amide bonds. The van der Waals surface area contributed by atoms with Gasteiger partial charge in [0.1, 0.15) is 5.69 Å². The first-order valence-corrected chi connectivity index (χ1v) is 7.34. The fraction of sp³-hybridized carbons (Fsp3) is 0. The lowest BCUT2D eigenvalue weighted by Crippen LogP contribution is -1.87. The first-order valence-electron chi connectivity index (χ1n) is 6.47. The van der Waals surface area contributed by atoms with E-state index >= 15 is 0 Å². The molecule has 102 valence electrons. The summed E-state index contributed by atoms with van der Waals surface area (Å²) in [5.74, 6) is 0.325. The molecule has 0 aliphatic heterocycles. The predicted octanol–water partition coefficient (Wildman–Crippen LogP) is 4.20. The Morgan fingerprint density at radius 3 is 2.71 bits per heavy atom. The van der Waals surface area contributed by atoms with Crippen molar-refractivity contribution < 1.29 is 4.52 Å². The minimum atomic E-state index is 0.325. The number of anilines is 1. The molecule has 0 aliphatic carbocycles. The Kier molecular flexibility index (Phi) is 2.72. The standard InChI is InChI=1S/C16H11N3OS/c17-16-14(10-5-7-18-8-6-10)15(19-20-16)12-9-21-13-4-2-1-3-11(12)13/h1-9H,17H2. The number of thiophene rings is 1. The number of hydrogen-bond donors (Lipinski definition) is 1.